The molecule has 5 heteroatoms. The number of benzene rings is 1. The SMILES string of the molecule is O=C(Nc1cccc(N2CCCC2=O)c1)c1cc2c(s1)CCC2. The number of rotatable bonds is 3. The predicted molar refractivity (Wildman–Crippen MR) is 92.3 cm³/mol. The maximum atomic E-state index is 12.4. The molecule has 0 radical (unpaired) electrons. The first-order valence-electron chi connectivity index (χ1n) is 8.04. The van der Waals surface area contributed by atoms with Gasteiger partial charge in [-0.15, -0.1) is 11.3 Å². The summed E-state index contributed by atoms with van der Waals surface area (Å²) >= 11 is 1.60. The van der Waals surface area contributed by atoms with E-state index in [0.717, 1.165) is 42.1 Å². The third-order valence-electron chi connectivity index (χ3n) is 4.46. The molecule has 118 valence electrons. The van der Waals surface area contributed by atoms with Gasteiger partial charge < -0.3 is 10.2 Å². The van der Waals surface area contributed by atoms with Gasteiger partial charge in [0.25, 0.3) is 5.91 Å². The fourth-order valence-corrected chi connectivity index (χ4v) is 4.46. The van der Waals surface area contributed by atoms with Crippen molar-refractivity contribution < 1.29 is 9.59 Å². The zero-order chi connectivity index (χ0) is 15.8. The molecule has 1 aromatic heterocycles. The van der Waals surface area contributed by atoms with Crippen LogP contribution in [0.2, 0.25) is 0 Å². The Morgan fingerprint density at radius 3 is 2.83 bits per heavy atom. The second-order valence-electron chi connectivity index (χ2n) is 6.07. The third-order valence-corrected chi connectivity index (χ3v) is 5.70. The molecule has 2 aliphatic rings. The minimum atomic E-state index is -0.0608. The molecule has 0 saturated carbocycles. The molecule has 23 heavy (non-hydrogen) atoms. The van der Waals surface area contributed by atoms with Gasteiger partial charge in [0.15, 0.2) is 0 Å². The zero-order valence-corrected chi connectivity index (χ0v) is 13.6. The first-order valence-corrected chi connectivity index (χ1v) is 8.86. The topological polar surface area (TPSA) is 49.4 Å². The number of nitrogens with one attached hydrogen (secondary N) is 1. The second kappa shape index (κ2) is 5.81. The molecule has 2 heterocycles. The summed E-state index contributed by atoms with van der Waals surface area (Å²) in [5, 5.41) is 2.96. The van der Waals surface area contributed by atoms with Gasteiger partial charge in [-0.1, -0.05) is 6.07 Å². The van der Waals surface area contributed by atoms with Crippen LogP contribution in [0.5, 0.6) is 0 Å². The van der Waals surface area contributed by atoms with E-state index in [1.165, 1.54) is 16.9 Å². The van der Waals surface area contributed by atoms with Crippen molar-refractivity contribution in [2.75, 3.05) is 16.8 Å². The van der Waals surface area contributed by atoms with E-state index in [-0.39, 0.29) is 11.8 Å². The number of fused-ring (bicyclic) bond motifs is 1. The lowest BCUT2D eigenvalue weighted by molar-refractivity contribution is -0.117. The molecule has 1 aliphatic carbocycles. The summed E-state index contributed by atoms with van der Waals surface area (Å²) < 4.78 is 0. The van der Waals surface area contributed by atoms with Crippen molar-refractivity contribution in [3.8, 4) is 0 Å². The Bertz CT molecular complexity index is 760. The van der Waals surface area contributed by atoms with Crippen LogP contribution >= 0.6 is 11.3 Å². The largest absolute Gasteiger partial charge is 0.321 e. The molecule has 0 atom stereocenters. The van der Waals surface area contributed by atoms with Crippen LogP contribution in [0.4, 0.5) is 11.4 Å². The highest BCUT2D eigenvalue weighted by Crippen LogP contribution is 2.31. The van der Waals surface area contributed by atoms with Crippen molar-refractivity contribution in [2.24, 2.45) is 0 Å². The highest BCUT2D eigenvalue weighted by Gasteiger charge is 2.22. The highest BCUT2D eigenvalue weighted by molar-refractivity contribution is 7.14. The third kappa shape index (κ3) is 2.77. The maximum Gasteiger partial charge on any atom is 0.265 e. The Kier molecular flexibility index (Phi) is 3.65. The molecule has 0 spiro atoms. The van der Waals surface area contributed by atoms with Gasteiger partial charge in [-0.05, 0) is 55.5 Å². The minimum Gasteiger partial charge on any atom is -0.321 e. The van der Waals surface area contributed by atoms with Crippen LogP contribution in [-0.4, -0.2) is 18.4 Å². The van der Waals surface area contributed by atoms with Crippen molar-refractivity contribution in [3.63, 3.8) is 0 Å². The van der Waals surface area contributed by atoms with E-state index in [2.05, 4.69) is 5.32 Å². The molecule has 2 aromatic rings. The molecule has 4 rings (SSSR count). The molecule has 0 unspecified atom stereocenters. The zero-order valence-electron chi connectivity index (χ0n) is 12.8. The molecule has 1 aromatic carbocycles. The monoisotopic (exact) mass is 326 g/mol. The molecular weight excluding hydrogens is 308 g/mol. The number of carbonyl (C=O) groups is 2. The molecule has 1 aliphatic heterocycles. The van der Waals surface area contributed by atoms with Gasteiger partial charge in [-0.2, -0.15) is 0 Å². The number of carbonyl (C=O) groups excluding carboxylic acids is 2. The molecule has 1 N–H and O–H groups in total. The first-order chi connectivity index (χ1) is 11.2. The van der Waals surface area contributed by atoms with E-state index >= 15 is 0 Å². The normalized spacial score (nSPS) is 16.7. The Morgan fingerprint density at radius 1 is 1.13 bits per heavy atom. The van der Waals surface area contributed by atoms with Gasteiger partial charge in [0.2, 0.25) is 5.91 Å². The Morgan fingerprint density at radius 2 is 2.04 bits per heavy atom. The van der Waals surface area contributed by atoms with Crippen molar-refractivity contribution >= 4 is 34.5 Å². The van der Waals surface area contributed by atoms with Gasteiger partial charge in [0, 0.05) is 29.2 Å². The molecule has 4 nitrogen and oxygen atoms in total. The number of aryl methyl sites for hydroxylation is 2. The highest BCUT2D eigenvalue weighted by atomic mass is 32.1. The first kappa shape index (κ1) is 14.5. The quantitative estimate of drug-likeness (QED) is 0.936. The summed E-state index contributed by atoms with van der Waals surface area (Å²) in [6, 6.07) is 9.56. The Balaban J connectivity index is 1.51. The lowest BCUT2D eigenvalue weighted by atomic mass is 10.2. The van der Waals surface area contributed by atoms with Crippen molar-refractivity contribution in [1.82, 2.24) is 0 Å². The summed E-state index contributed by atoms with van der Waals surface area (Å²) in [7, 11) is 0. The Hall–Kier alpha value is -2.14. The molecule has 2 amide bonds. The molecular formula is C18H18N2O2S. The summed E-state index contributed by atoms with van der Waals surface area (Å²) in [6.07, 6.45) is 4.90. The number of hydrogen-bond acceptors (Lipinski definition) is 3. The number of thiophene rings is 1. The van der Waals surface area contributed by atoms with Crippen molar-refractivity contribution in [3.05, 3.63) is 45.6 Å². The second-order valence-corrected chi connectivity index (χ2v) is 7.20. The van der Waals surface area contributed by atoms with E-state index in [1.54, 1.807) is 16.2 Å². The summed E-state index contributed by atoms with van der Waals surface area (Å²) in [4.78, 5) is 28.2. The minimum absolute atomic E-state index is 0.0608. The van der Waals surface area contributed by atoms with Gasteiger partial charge in [0.05, 0.1) is 4.88 Å². The Labute approximate surface area is 139 Å². The van der Waals surface area contributed by atoms with Crippen LogP contribution in [0.3, 0.4) is 0 Å². The smallest absolute Gasteiger partial charge is 0.265 e. The maximum absolute atomic E-state index is 12.4. The van der Waals surface area contributed by atoms with E-state index < -0.39 is 0 Å². The van der Waals surface area contributed by atoms with Crippen LogP contribution in [0.1, 0.15) is 39.4 Å². The number of hydrogen-bond donors (Lipinski definition) is 1. The van der Waals surface area contributed by atoms with Crippen molar-refractivity contribution in [1.29, 1.82) is 0 Å². The molecule has 0 bridgehead atoms. The number of nitrogens with zero attached hydrogens (tertiary/aromatic N) is 1. The molecule has 1 fully saturated rings. The summed E-state index contributed by atoms with van der Waals surface area (Å²) in [5.41, 5.74) is 2.93. The summed E-state index contributed by atoms with van der Waals surface area (Å²) in [5.74, 6) is 0.0949. The van der Waals surface area contributed by atoms with Gasteiger partial charge >= 0.3 is 0 Å². The van der Waals surface area contributed by atoms with Gasteiger partial charge in [-0.25, -0.2) is 0 Å². The lowest BCUT2D eigenvalue weighted by Gasteiger charge is -2.16. The van der Waals surface area contributed by atoms with Gasteiger partial charge in [0.1, 0.15) is 0 Å². The van der Waals surface area contributed by atoms with E-state index in [9.17, 15) is 9.59 Å². The average molecular weight is 326 g/mol. The fraction of sp³-hybridized carbons (Fsp3) is 0.333. The fourth-order valence-electron chi connectivity index (χ4n) is 3.31. The van der Waals surface area contributed by atoms with E-state index in [0.29, 0.717) is 6.42 Å². The standard InChI is InChI=1S/C18H18N2O2S/c21-17-8-3-9-20(17)14-6-2-5-13(11-14)19-18(22)16-10-12-4-1-7-15(12)23-16/h2,5-6,10-11H,1,3-4,7-9H2,(H,19,22). The van der Waals surface area contributed by atoms with Crippen LogP contribution < -0.4 is 10.2 Å². The van der Waals surface area contributed by atoms with E-state index in [1.807, 2.05) is 30.3 Å². The number of anilines is 2. The van der Waals surface area contributed by atoms with Crippen molar-refractivity contribution in [2.45, 2.75) is 32.1 Å². The predicted octanol–water partition coefficient (Wildman–Crippen LogP) is 3.62. The van der Waals surface area contributed by atoms with Crippen LogP contribution in [-0.2, 0) is 17.6 Å². The summed E-state index contributed by atoms with van der Waals surface area (Å²) in [6.45, 7) is 0.758. The van der Waals surface area contributed by atoms with Crippen LogP contribution in [0, 0.1) is 0 Å². The lowest BCUT2D eigenvalue weighted by Crippen LogP contribution is -2.23. The van der Waals surface area contributed by atoms with E-state index in [4.69, 9.17) is 0 Å². The van der Waals surface area contributed by atoms with Crippen LogP contribution in [0.25, 0.3) is 0 Å². The average Bonchev–Trinajstić information content (AvgIpc) is 3.22. The van der Waals surface area contributed by atoms with Gasteiger partial charge in [-0.3, -0.25) is 9.59 Å². The molecule has 1 saturated heterocycles. The van der Waals surface area contributed by atoms with Crippen LogP contribution in [0.15, 0.2) is 30.3 Å². The number of amides is 2.